The molecule has 3 aromatic heterocycles. The second-order valence-electron chi connectivity index (χ2n) is 6.14. The quantitative estimate of drug-likeness (QED) is 0.563. The Morgan fingerprint density at radius 3 is 2.96 bits per heavy atom. The lowest BCUT2D eigenvalue weighted by Gasteiger charge is -2.10. The number of amides is 1. The highest BCUT2D eigenvalue weighted by molar-refractivity contribution is 7.18. The minimum Gasteiger partial charge on any atom is -0.289 e. The summed E-state index contributed by atoms with van der Waals surface area (Å²) in [7, 11) is 0. The third kappa shape index (κ3) is 3.28. The van der Waals surface area contributed by atoms with Crippen LogP contribution in [0.5, 0.6) is 0 Å². The van der Waals surface area contributed by atoms with E-state index < -0.39 is 0 Å². The summed E-state index contributed by atoms with van der Waals surface area (Å²) in [6.45, 7) is -0.111. The number of carbonyl (C=O) groups excluding carboxylic acids is 1. The number of thiophene rings is 1. The number of carbonyl (C=O) groups is 1. The zero-order chi connectivity index (χ0) is 17.9. The molecule has 1 N–H and O–H groups in total. The maximum atomic E-state index is 12.8. The highest BCUT2D eigenvalue weighted by Crippen LogP contribution is 2.33. The van der Waals surface area contributed by atoms with Gasteiger partial charge in [0.05, 0.1) is 17.9 Å². The maximum absolute atomic E-state index is 12.8. The molecular formula is C18H17N5O2S. The predicted octanol–water partition coefficient (Wildman–Crippen LogP) is 1.88. The van der Waals surface area contributed by atoms with Gasteiger partial charge in [-0.2, -0.15) is 5.10 Å². The Labute approximate surface area is 153 Å². The zero-order valence-electron chi connectivity index (χ0n) is 14.0. The van der Waals surface area contributed by atoms with Crippen LogP contribution >= 0.6 is 11.3 Å². The molecule has 0 radical (unpaired) electrons. The number of rotatable bonds is 4. The molecule has 0 bridgehead atoms. The molecular weight excluding hydrogens is 350 g/mol. The van der Waals surface area contributed by atoms with Crippen LogP contribution in [0, 0.1) is 0 Å². The molecule has 0 fully saturated rings. The molecule has 7 nitrogen and oxygen atoms in total. The first-order valence-electron chi connectivity index (χ1n) is 8.44. The van der Waals surface area contributed by atoms with Crippen LogP contribution < -0.4 is 11.0 Å². The van der Waals surface area contributed by atoms with Crippen molar-refractivity contribution in [2.75, 3.05) is 0 Å². The largest absolute Gasteiger partial charge is 0.289 e. The molecule has 0 saturated heterocycles. The van der Waals surface area contributed by atoms with E-state index in [1.807, 2.05) is 0 Å². The molecule has 4 rings (SSSR count). The van der Waals surface area contributed by atoms with Crippen LogP contribution in [0.4, 0.5) is 0 Å². The summed E-state index contributed by atoms with van der Waals surface area (Å²) in [5.74, 6) is -0.373. The molecule has 0 spiro atoms. The second-order valence-corrected chi connectivity index (χ2v) is 7.23. The minimum absolute atomic E-state index is 0.111. The van der Waals surface area contributed by atoms with Gasteiger partial charge in [0, 0.05) is 17.3 Å². The summed E-state index contributed by atoms with van der Waals surface area (Å²) in [5, 5.41) is 4.58. The van der Waals surface area contributed by atoms with Crippen molar-refractivity contribution in [3.8, 4) is 0 Å². The summed E-state index contributed by atoms with van der Waals surface area (Å²) in [5.41, 5.74) is 4.23. The number of aromatic nitrogens is 3. The Bertz CT molecular complexity index is 1040. The average molecular weight is 367 g/mol. The molecule has 1 aliphatic carbocycles. The van der Waals surface area contributed by atoms with Crippen molar-refractivity contribution < 1.29 is 4.79 Å². The van der Waals surface area contributed by atoms with Crippen LogP contribution in [0.25, 0.3) is 10.2 Å². The van der Waals surface area contributed by atoms with Gasteiger partial charge in [-0.3, -0.25) is 19.1 Å². The molecule has 0 saturated carbocycles. The minimum atomic E-state index is -0.373. The Morgan fingerprint density at radius 2 is 2.12 bits per heavy atom. The van der Waals surface area contributed by atoms with E-state index in [0.29, 0.717) is 5.39 Å². The van der Waals surface area contributed by atoms with Gasteiger partial charge in [0.2, 0.25) is 0 Å². The third-order valence-electron chi connectivity index (χ3n) is 4.36. The summed E-state index contributed by atoms with van der Waals surface area (Å²) in [4.78, 5) is 35.2. The lowest BCUT2D eigenvalue weighted by atomic mass is 9.97. The Morgan fingerprint density at radius 1 is 1.31 bits per heavy atom. The first kappa shape index (κ1) is 16.6. The van der Waals surface area contributed by atoms with Gasteiger partial charge in [-0.25, -0.2) is 10.4 Å². The second kappa shape index (κ2) is 7.17. The summed E-state index contributed by atoms with van der Waals surface area (Å²) < 4.78 is 1.35. The molecule has 3 aromatic rings. The van der Waals surface area contributed by atoms with Gasteiger partial charge >= 0.3 is 0 Å². The van der Waals surface area contributed by atoms with E-state index in [9.17, 15) is 9.59 Å². The molecule has 3 heterocycles. The topological polar surface area (TPSA) is 89.2 Å². The fourth-order valence-corrected chi connectivity index (χ4v) is 4.33. The van der Waals surface area contributed by atoms with Crippen molar-refractivity contribution in [1.82, 2.24) is 20.0 Å². The molecule has 26 heavy (non-hydrogen) atoms. The molecule has 8 heteroatoms. The third-order valence-corrected chi connectivity index (χ3v) is 5.56. The van der Waals surface area contributed by atoms with Crippen LogP contribution in [0.3, 0.4) is 0 Å². The van der Waals surface area contributed by atoms with Gasteiger partial charge in [0.25, 0.3) is 11.5 Å². The highest BCUT2D eigenvalue weighted by atomic mass is 32.1. The monoisotopic (exact) mass is 367 g/mol. The van der Waals surface area contributed by atoms with Crippen LogP contribution in [-0.4, -0.2) is 26.7 Å². The molecule has 132 valence electrons. The van der Waals surface area contributed by atoms with E-state index in [2.05, 4.69) is 20.5 Å². The first-order chi connectivity index (χ1) is 12.7. The number of pyridine rings is 1. The Kier molecular flexibility index (Phi) is 4.57. The van der Waals surface area contributed by atoms with Gasteiger partial charge in [-0.05, 0) is 48.9 Å². The van der Waals surface area contributed by atoms with E-state index in [0.717, 1.165) is 41.6 Å². The van der Waals surface area contributed by atoms with Crippen molar-refractivity contribution in [2.24, 2.45) is 5.10 Å². The number of hydrazone groups is 1. The highest BCUT2D eigenvalue weighted by Gasteiger charge is 2.20. The van der Waals surface area contributed by atoms with Gasteiger partial charge in [0.15, 0.2) is 0 Å². The normalized spacial score (nSPS) is 13.8. The van der Waals surface area contributed by atoms with E-state index in [4.69, 9.17) is 0 Å². The maximum Gasteiger partial charge on any atom is 0.262 e. The van der Waals surface area contributed by atoms with Crippen molar-refractivity contribution in [3.05, 3.63) is 57.2 Å². The predicted molar refractivity (Wildman–Crippen MR) is 100 cm³/mol. The zero-order valence-corrected chi connectivity index (χ0v) is 14.8. The van der Waals surface area contributed by atoms with Crippen molar-refractivity contribution in [1.29, 1.82) is 0 Å². The van der Waals surface area contributed by atoms with Gasteiger partial charge < -0.3 is 0 Å². The molecule has 0 unspecified atom stereocenters. The lowest BCUT2D eigenvalue weighted by Crippen LogP contribution is -2.30. The van der Waals surface area contributed by atoms with Crippen LogP contribution in [0.15, 0.2) is 40.7 Å². The van der Waals surface area contributed by atoms with E-state index in [1.165, 1.54) is 22.0 Å². The SMILES string of the molecule is O=C(Cn1cnc2sc3c(c2c1=O)CCCC3)N/N=C/c1ccncc1. The summed E-state index contributed by atoms with van der Waals surface area (Å²) in [6.07, 6.45) is 10.4. The number of fused-ring (bicyclic) bond motifs is 3. The number of aryl methyl sites for hydroxylation is 2. The van der Waals surface area contributed by atoms with E-state index in [-0.39, 0.29) is 18.0 Å². The van der Waals surface area contributed by atoms with E-state index >= 15 is 0 Å². The van der Waals surface area contributed by atoms with Crippen molar-refractivity contribution in [2.45, 2.75) is 32.2 Å². The van der Waals surface area contributed by atoms with Gasteiger partial charge in [-0.15, -0.1) is 11.3 Å². The van der Waals surface area contributed by atoms with E-state index in [1.54, 1.807) is 35.9 Å². The van der Waals surface area contributed by atoms with Crippen LogP contribution in [0.2, 0.25) is 0 Å². The molecule has 0 aliphatic heterocycles. The van der Waals surface area contributed by atoms with Gasteiger partial charge in [0.1, 0.15) is 11.4 Å². The average Bonchev–Trinajstić information content (AvgIpc) is 3.04. The van der Waals surface area contributed by atoms with Crippen molar-refractivity contribution >= 4 is 33.7 Å². The standard InChI is InChI=1S/C18H17N5O2S/c24-15(22-21-9-12-5-7-19-8-6-12)10-23-11-20-17-16(18(23)25)13-3-1-2-4-14(13)26-17/h5-9,11H,1-4,10H2,(H,22,24)/b21-9+. The van der Waals surface area contributed by atoms with Crippen LogP contribution in [0.1, 0.15) is 28.8 Å². The molecule has 1 aliphatic rings. The van der Waals surface area contributed by atoms with Crippen molar-refractivity contribution in [3.63, 3.8) is 0 Å². The number of nitrogens with zero attached hydrogens (tertiary/aromatic N) is 4. The summed E-state index contributed by atoms with van der Waals surface area (Å²) >= 11 is 1.60. The lowest BCUT2D eigenvalue weighted by molar-refractivity contribution is -0.121. The number of nitrogens with one attached hydrogen (secondary N) is 1. The Hall–Kier alpha value is -2.87. The van der Waals surface area contributed by atoms with Gasteiger partial charge in [-0.1, -0.05) is 0 Å². The smallest absolute Gasteiger partial charge is 0.262 e. The molecule has 0 aromatic carbocycles. The summed E-state index contributed by atoms with van der Waals surface area (Å²) in [6, 6.07) is 3.55. The number of hydrogen-bond acceptors (Lipinski definition) is 6. The fourth-order valence-electron chi connectivity index (χ4n) is 3.11. The fraction of sp³-hybridized carbons (Fsp3) is 0.278. The number of hydrogen-bond donors (Lipinski definition) is 1. The Balaban J connectivity index is 1.52. The first-order valence-corrected chi connectivity index (χ1v) is 9.25. The molecule has 0 atom stereocenters. The molecule has 1 amide bonds. The van der Waals surface area contributed by atoms with Crippen LogP contribution in [-0.2, 0) is 24.2 Å².